The first kappa shape index (κ1) is 21.2. The maximum atomic E-state index is 15.9. The van der Waals surface area contributed by atoms with E-state index in [1.54, 1.807) is 41.8 Å². The number of nitriles is 1. The summed E-state index contributed by atoms with van der Waals surface area (Å²) in [7, 11) is -2.46. The van der Waals surface area contributed by atoms with E-state index in [1.165, 1.54) is 20.0 Å². The van der Waals surface area contributed by atoms with Gasteiger partial charge in [-0.05, 0) is 38.1 Å². The van der Waals surface area contributed by atoms with Crippen LogP contribution in [0.1, 0.15) is 23.7 Å². The second-order valence-corrected chi connectivity index (χ2v) is 10.1. The van der Waals surface area contributed by atoms with E-state index in [4.69, 9.17) is 17.3 Å². The number of rotatable bonds is 2. The molecule has 1 aliphatic heterocycles. The molecule has 3 aromatic rings. The summed E-state index contributed by atoms with van der Waals surface area (Å²) in [6.07, 6.45) is 0. The number of benzene rings is 2. The highest BCUT2D eigenvalue weighted by atomic mass is 35.5. The Morgan fingerprint density at radius 2 is 2.03 bits per heavy atom. The van der Waals surface area contributed by atoms with E-state index in [2.05, 4.69) is 11.1 Å². The van der Waals surface area contributed by atoms with Crippen molar-refractivity contribution in [1.29, 1.82) is 5.26 Å². The number of fused-ring (bicyclic) bond motifs is 1. The minimum Gasteiger partial charge on any atom is -0.369 e. The zero-order valence-electron chi connectivity index (χ0n) is 17.0. The molecule has 0 fully saturated rings. The van der Waals surface area contributed by atoms with Crippen molar-refractivity contribution in [2.75, 3.05) is 12.8 Å². The minimum atomic E-state index is -3.77. The molecule has 0 unspecified atom stereocenters. The Bertz CT molecular complexity index is 1420. The van der Waals surface area contributed by atoms with Crippen molar-refractivity contribution in [3.8, 4) is 11.8 Å². The molecule has 1 aromatic heterocycles. The molecule has 160 valence electrons. The van der Waals surface area contributed by atoms with Crippen LogP contribution in [-0.4, -0.2) is 36.1 Å². The fourth-order valence-electron chi connectivity index (χ4n) is 4.04. The standard InChI is InChI=1S/C21H19ClFN5O2S/c1-12-15(10-24)14-8-7-13(22)9-18(14)28(12)17-6-4-5-16(19(17)23)21(2)11-31(29,30)27(3)20(25)26-21/h4-9H,11H2,1-3H3,(H2,25,26)/t21-/m0/s1. The monoisotopic (exact) mass is 459 g/mol. The Labute approximate surface area is 184 Å². The Morgan fingerprint density at radius 3 is 2.68 bits per heavy atom. The third kappa shape index (κ3) is 3.14. The normalized spacial score (nSPS) is 20.5. The summed E-state index contributed by atoms with van der Waals surface area (Å²) in [6, 6.07) is 11.9. The van der Waals surface area contributed by atoms with Gasteiger partial charge in [0.05, 0.1) is 22.5 Å². The molecule has 2 heterocycles. The van der Waals surface area contributed by atoms with Gasteiger partial charge in [-0.25, -0.2) is 22.1 Å². The zero-order chi connectivity index (χ0) is 22.7. The first-order valence-corrected chi connectivity index (χ1v) is 11.3. The number of halogens is 2. The van der Waals surface area contributed by atoms with E-state index in [-0.39, 0.29) is 17.2 Å². The van der Waals surface area contributed by atoms with Crippen molar-refractivity contribution in [1.82, 2.24) is 8.87 Å². The predicted octanol–water partition coefficient (Wildman–Crippen LogP) is 3.41. The van der Waals surface area contributed by atoms with Crippen molar-refractivity contribution >= 4 is 38.5 Å². The van der Waals surface area contributed by atoms with Crippen LogP contribution in [0.5, 0.6) is 0 Å². The van der Waals surface area contributed by atoms with Gasteiger partial charge in [-0.15, -0.1) is 0 Å². The van der Waals surface area contributed by atoms with Gasteiger partial charge >= 0.3 is 0 Å². The molecule has 2 N–H and O–H groups in total. The van der Waals surface area contributed by atoms with E-state index in [0.29, 0.717) is 27.2 Å². The number of nitrogens with zero attached hydrogens (tertiary/aromatic N) is 4. The molecule has 0 amide bonds. The fourth-order valence-corrected chi connectivity index (χ4v) is 5.65. The number of hydrogen-bond donors (Lipinski definition) is 1. The lowest BCUT2D eigenvalue weighted by atomic mass is 9.93. The van der Waals surface area contributed by atoms with Gasteiger partial charge in [0.25, 0.3) is 0 Å². The molecular formula is C21H19ClFN5O2S. The summed E-state index contributed by atoms with van der Waals surface area (Å²) in [5.74, 6) is -1.29. The van der Waals surface area contributed by atoms with Gasteiger partial charge in [0, 0.05) is 28.7 Å². The topological polar surface area (TPSA) is 104 Å². The molecule has 7 nitrogen and oxygen atoms in total. The maximum absolute atomic E-state index is 15.9. The van der Waals surface area contributed by atoms with Crippen molar-refractivity contribution in [2.45, 2.75) is 19.4 Å². The van der Waals surface area contributed by atoms with Crippen LogP contribution in [-0.2, 0) is 15.6 Å². The summed E-state index contributed by atoms with van der Waals surface area (Å²) in [4.78, 5) is 4.30. The Morgan fingerprint density at radius 1 is 1.32 bits per heavy atom. The molecular weight excluding hydrogens is 441 g/mol. The van der Waals surface area contributed by atoms with Crippen LogP contribution in [0.25, 0.3) is 16.6 Å². The number of hydrogen-bond acceptors (Lipinski definition) is 5. The van der Waals surface area contributed by atoms with Crippen LogP contribution in [0.3, 0.4) is 0 Å². The second kappa shape index (κ2) is 6.97. The van der Waals surface area contributed by atoms with E-state index in [9.17, 15) is 13.7 Å². The van der Waals surface area contributed by atoms with Gasteiger partial charge in [0.15, 0.2) is 5.82 Å². The molecule has 0 aliphatic carbocycles. The molecule has 10 heteroatoms. The maximum Gasteiger partial charge on any atom is 0.239 e. The third-order valence-corrected chi connectivity index (χ3v) is 7.83. The molecule has 0 spiro atoms. The molecule has 0 saturated carbocycles. The van der Waals surface area contributed by atoms with E-state index >= 15 is 4.39 Å². The third-order valence-electron chi connectivity index (χ3n) is 5.64. The van der Waals surface area contributed by atoms with Gasteiger partial charge in [0.1, 0.15) is 11.6 Å². The van der Waals surface area contributed by atoms with Crippen molar-refractivity contribution in [3.05, 3.63) is 64.1 Å². The SMILES string of the molecule is Cc1c(C#N)c2ccc(Cl)cc2n1-c1cccc([C@]2(C)CS(=O)(=O)N(C)C(N)=N2)c1F. The van der Waals surface area contributed by atoms with E-state index in [1.807, 2.05) is 0 Å². The summed E-state index contributed by atoms with van der Waals surface area (Å²) in [5, 5.41) is 10.7. The first-order chi connectivity index (χ1) is 14.5. The summed E-state index contributed by atoms with van der Waals surface area (Å²) >= 11 is 6.17. The van der Waals surface area contributed by atoms with Crippen molar-refractivity contribution in [2.24, 2.45) is 10.7 Å². The highest BCUT2D eigenvalue weighted by molar-refractivity contribution is 7.89. The van der Waals surface area contributed by atoms with Crippen LogP contribution in [0.2, 0.25) is 5.02 Å². The quantitative estimate of drug-likeness (QED) is 0.634. The Hall–Kier alpha value is -3.09. The highest BCUT2D eigenvalue weighted by Crippen LogP contribution is 2.37. The second-order valence-electron chi connectivity index (χ2n) is 7.68. The Kier molecular flexibility index (Phi) is 4.76. The number of sulfonamides is 1. The van der Waals surface area contributed by atoms with E-state index in [0.717, 1.165) is 4.31 Å². The first-order valence-electron chi connectivity index (χ1n) is 9.32. The summed E-state index contributed by atoms with van der Waals surface area (Å²) < 4.78 is 43.5. The highest BCUT2D eigenvalue weighted by Gasteiger charge is 2.42. The minimum absolute atomic E-state index is 0.0893. The number of aromatic nitrogens is 1. The van der Waals surface area contributed by atoms with E-state index < -0.39 is 27.1 Å². The van der Waals surface area contributed by atoms with Crippen LogP contribution in [0.4, 0.5) is 4.39 Å². The lowest BCUT2D eigenvalue weighted by Crippen LogP contribution is -2.50. The van der Waals surface area contributed by atoms with Crippen molar-refractivity contribution < 1.29 is 12.8 Å². The molecule has 4 rings (SSSR count). The number of nitrogens with two attached hydrogens (primary N) is 1. The lowest BCUT2D eigenvalue weighted by Gasteiger charge is -2.34. The molecule has 31 heavy (non-hydrogen) atoms. The van der Waals surface area contributed by atoms with Gasteiger partial charge in [0.2, 0.25) is 16.0 Å². The largest absolute Gasteiger partial charge is 0.369 e. The molecule has 1 aliphatic rings. The average molecular weight is 460 g/mol. The van der Waals surface area contributed by atoms with Crippen LogP contribution < -0.4 is 5.73 Å². The number of aliphatic imine (C=N–C) groups is 1. The smallest absolute Gasteiger partial charge is 0.239 e. The molecule has 1 atom stereocenters. The molecule has 0 radical (unpaired) electrons. The van der Waals surface area contributed by atoms with Crippen LogP contribution in [0, 0.1) is 24.1 Å². The number of guanidine groups is 1. The predicted molar refractivity (Wildman–Crippen MR) is 118 cm³/mol. The molecule has 2 aromatic carbocycles. The lowest BCUT2D eigenvalue weighted by molar-refractivity contribution is 0.457. The fraction of sp³-hybridized carbons (Fsp3) is 0.238. The Balaban J connectivity index is 2.01. The summed E-state index contributed by atoms with van der Waals surface area (Å²) in [6.45, 7) is 3.25. The molecule has 0 saturated heterocycles. The van der Waals surface area contributed by atoms with Gasteiger partial charge in [-0.1, -0.05) is 23.7 Å². The van der Waals surface area contributed by atoms with Crippen LogP contribution >= 0.6 is 11.6 Å². The zero-order valence-corrected chi connectivity index (χ0v) is 18.6. The van der Waals surface area contributed by atoms with Gasteiger partial charge < -0.3 is 10.3 Å². The van der Waals surface area contributed by atoms with Crippen LogP contribution in [0.15, 0.2) is 41.4 Å². The van der Waals surface area contributed by atoms with Crippen molar-refractivity contribution in [3.63, 3.8) is 0 Å². The summed E-state index contributed by atoms with van der Waals surface area (Å²) in [5.41, 5.74) is 6.18. The average Bonchev–Trinajstić information content (AvgIpc) is 2.96. The van der Waals surface area contributed by atoms with Gasteiger partial charge in [-0.2, -0.15) is 5.26 Å². The molecule has 0 bridgehead atoms. The van der Waals surface area contributed by atoms with Gasteiger partial charge in [-0.3, -0.25) is 0 Å².